The molecule has 0 aromatic heterocycles. The molecule has 176 valence electrons. The van der Waals surface area contributed by atoms with Gasteiger partial charge in [-0.3, -0.25) is 20.2 Å². The standard InChI is InChI=1S/C25H24N2O7/c1-3-5-7-9-13-19-21(26(29)30)15-11-17-23(19)33-25(28)34-24-18-12-16-22(27(31)32)20(24)14-10-8-6-4-2/h3-12,15-18H,13-14H2,1-2H3/b5-3+,6-4+,9-7+,10-8+. The van der Waals surface area contributed by atoms with Gasteiger partial charge in [-0.25, -0.2) is 4.79 Å². The summed E-state index contributed by atoms with van der Waals surface area (Å²) in [5.74, 6) is -0.0754. The smallest absolute Gasteiger partial charge is 0.394 e. The number of allylic oxidation sites excluding steroid dienone is 8. The molecule has 0 radical (unpaired) electrons. The molecule has 2 rings (SSSR count). The van der Waals surface area contributed by atoms with Crippen molar-refractivity contribution in [2.24, 2.45) is 0 Å². The van der Waals surface area contributed by atoms with Crippen LogP contribution < -0.4 is 9.47 Å². The molecule has 9 heteroatoms. The molecule has 0 heterocycles. The SMILES string of the molecule is C/C=C/C=C/Cc1c(OC(=O)Oc2cccc([N+](=O)[O-])c2C/C=C/C=C/C)cccc1[N+](=O)[O-]. The summed E-state index contributed by atoms with van der Waals surface area (Å²) >= 11 is 0. The van der Waals surface area contributed by atoms with E-state index in [2.05, 4.69) is 0 Å². The second-order valence-electron chi connectivity index (χ2n) is 6.79. The van der Waals surface area contributed by atoms with Crippen molar-refractivity contribution < 1.29 is 24.1 Å². The highest BCUT2D eigenvalue weighted by molar-refractivity contribution is 5.70. The Morgan fingerprint density at radius 2 is 1.18 bits per heavy atom. The summed E-state index contributed by atoms with van der Waals surface area (Å²) in [6, 6.07) is 8.25. The molecule has 0 atom stereocenters. The van der Waals surface area contributed by atoms with Gasteiger partial charge in [-0.05, 0) is 26.0 Å². The lowest BCUT2D eigenvalue weighted by Gasteiger charge is -2.11. The third-order valence-electron chi connectivity index (χ3n) is 4.52. The summed E-state index contributed by atoms with van der Waals surface area (Å²) in [6.45, 7) is 3.66. The molecule has 9 nitrogen and oxygen atoms in total. The molecule has 2 aromatic carbocycles. The summed E-state index contributed by atoms with van der Waals surface area (Å²) < 4.78 is 10.6. The molecule has 0 saturated carbocycles. The first kappa shape index (κ1) is 25.7. The summed E-state index contributed by atoms with van der Waals surface area (Å²) in [5.41, 5.74) is -0.0290. The molecular formula is C25H24N2O7. The van der Waals surface area contributed by atoms with Gasteiger partial charge in [0.15, 0.2) is 0 Å². The van der Waals surface area contributed by atoms with E-state index in [1.807, 2.05) is 13.8 Å². The summed E-state index contributed by atoms with van der Waals surface area (Å²) in [4.78, 5) is 34.3. The largest absolute Gasteiger partial charge is 0.519 e. The number of carbonyl (C=O) groups excluding carboxylic acids is 1. The minimum atomic E-state index is -1.17. The molecular weight excluding hydrogens is 440 g/mol. The van der Waals surface area contributed by atoms with Gasteiger partial charge in [0.25, 0.3) is 11.4 Å². The van der Waals surface area contributed by atoms with Crippen molar-refractivity contribution in [3.63, 3.8) is 0 Å². The van der Waals surface area contributed by atoms with E-state index in [1.165, 1.54) is 36.4 Å². The minimum absolute atomic E-state index is 0.0377. The van der Waals surface area contributed by atoms with E-state index in [0.29, 0.717) is 0 Å². The van der Waals surface area contributed by atoms with Crippen LogP contribution in [-0.2, 0) is 12.8 Å². The average Bonchev–Trinajstić information content (AvgIpc) is 2.80. The zero-order valence-electron chi connectivity index (χ0n) is 18.7. The Hall–Kier alpha value is -4.53. The van der Waals surface area contributed by atoms with Crippen LogP contribution in [0.25, 0.3) is 0 Å². The molecule has 0 aliphatic carbocycles. The van der Waals surface area contributed by atoms with Crippen molar-refractivity contribution in [2.75, 3.05) is 0 Å². The fraction of sp³-hybridized carbons (Fsp3) is 0.160. The highest BCUT2D eigenvalue weighted by Crippen LogP contribution is 2.32. The lowest BCUT2D eigenvalue weighted by molar-refractivity contribution is -0.385. The second kappa shape index (κ2) is 13.1. The number of ether oxygens (including phenoxy) is 2. The molecule has 0 amide bonds. The maximum atomic E-state index is 12.6. The molecule has 0 aliphatic rings. The maximum absolute atomic E-state index is 12.6. The second-order valence-corrected chi connectivity index (χ2v) is 6.79. The quantitative estimate of drug-likeness (QED) is 0.130. The van der Waals surface area contributed by atoms with E-state index in [0.717, 1.165) is 0 Å². The number of nitro benzene ring substituents is 2. The van der Waals surface area contributed by atoms with Crippen molar-refractivity contribution in [3.05, 3.63) is 116 Å². The number of hydrogen-bond acceptors (Lipinski definition) is 7. The molecule has 2 aromatic rings. The predicted molar refractivity (Wildman–Crippen MR) is 128 cm³/mol. The van der Waals surface area contributed by atoms with Gasteiger partial charge in [0.2, 0.25) is 0 Å². The zero-order chi connectivity index (χ0) is 24.9. The van der Waals surface area contributed by atoms with Gasteiger partial charge in [0, 0.05) is 25.0 Å². The van der Waals surface area contributed by atoms with Gasteiger partial charge in [0.1, 0.15) is 11.5 Å². The first-order valence-electron chi connectivity index (χ1n) is 10.4. The maximum Gasteiger partial charge on any atom is 0.519 e. The topological polar surface area (TPSA) is 122 Å². The molecule has 0 bridgehead atoms. The molecule has 0 spiro atoms. The van der Waals surface area contributed by atoms with Gasteiger partial charge in [-0.1, -0.05) is 60.7 Å². The Morgan fingerprint density at radius 3 is 1.53 bits per heavy atom. The van der Waals surface area contributed by atoms with Gasteiger partial charge >= 0.3 is 6.16 Å². The van der Waals surface area contributed by atoms with Crippen LogP contribution in [-0.4, -0.2) is 16.0 Å². The molecule has 0 aliphatic heterocycles. The molecule has 0 saturated heterocycles. The van der Waals surface area contributed by atoms with Crippen molar-refractivity contribution in [2.45, 2.75) is 26.7 Å². The zero-order valence-corrected chi connectivity index (χ0v) is 18.7. The third kappa shape index (κ3) is 7.27. The Bertz CT molecular complexity index is 1070. The van der Waals surface area contributed by atoms with Crippen molar-refractivity contribution in [1.29, 1.82) is 0 Å². The van der Waals surface area contributed by atoms with E-state index in [1.54, 1.807) is 48.6 Å². The Labute approximate surface area is 196 Å². The van der Waals surface area contributed by atoms with Crippen LogP contribution in [0.5, 0.6) is 11.5 Å². The average molecular weight is 464 g/mol. The van der Waals surface area contributed by atoms with Crippen LogP contribution in [0.4, 0.5) is 16.2 Å². The normalized spacial score (nSPS) is 11.6. The van der Waals surface area contributed by atoms with Crippen LogP contribution in [0.1, 0.15) is 25.0 Å². The van der Waals surface area contributed by atoms with Crippen LogP contribution in [0.15, 0.2) is 85.0 Å². The highest BCUT2D eigenvalue weighted by Gasteiger charge is 2.23. The van der Waals surface area contributed by atoms with Crippen molar-refractivity contribution >= 4 is 17.5 Å². The highest BCUT2D eigenvalue weighted by atomic mass is 16.7. The number of nitro groups is 2. The first-order valence-corrected chi connectivity index (χ1v) is 10.4. The van der Waals surface area contributed by atoms with Gasteiger partial charge in [0.05, 0.1) is 21.0 Å². The minimum Gasteiger partial charge on any atom is -0.394 e. The van der Waals surface area contributed by atoms with E-state index >= 15 is 0 Å². The van der Waals surface area contributed by atoms with Gasteiger partial charge in [-0.2, -0.15) is 0 Å². The Balaban J connectivity index is 2.34. The van der Waals surface area contributed by atoms with Crippen LogP contribution in [0.3, 0.4) is 0 Å². The summed E-state index contributed by atoms with van der Waals surface area (Å²) in [7, 11) is 0. The Kier molecular flexibility index (Phi) is 9.93. The molecule has 0 fully saturated rings. The lowest BCUT2D eigenvalue weighted by atomic mass is 10.1. The summed E-state index contributed by atoms with van der Waals surface area (Å²) in [6.07, 6.45) is 13.1. The number of carbonyl (C=O) groups is 1. The molecule has 34 heavy (non-hydrogen) atoms. The van der Waals surface area contributed by atoms with E-state index < -0.39 is 16.0 Å². The van der Waals surface area contributed by atoms with Gasteiger partial charge in [-0.15, -0.1) is 0 Å². The number of hydrogen-bond donors (Lipinski definition) is 0. The molecule has 0 N–H and O–H groups in total. The van der Waals surface area contributed by atoms with Crippen molar-refractivity contribution in [3.8, 4) is 11.5 Å². The number of nitrogens with zero attached hydrogens (tertiary/aromatic N) is 2. The van der Waals surface area contributed by atoms with E-state index in [9.17, 15) is 25.0 Å². The fourth-order valence-corrected chi connectivity index (χ4v) is 3.00. The monoisotopic (exact) mass is 464 g/mol. The van der Waals surface area contributed by atoms with Crippen LogP contribution in [0, 0.1) is 20.2 Å². The fourth-order valence-electron chi connectivity index (χ4n) is 3.00. The lowest BCUT2D eigenvalue weighted by Crippen LogP contribution is -2.16. The number of rotatable bonds is 10. The van der Waals surface area contributed by atoms with Crippen LogP contribution in [0.2, 0.25) is 0 Å². The van der Waals surface area contributed by atoms with Crippen LogP contribution >= 0.6 is 0 Å². The Morgan fingerprint density at radius 1 is 0.765 bits per heavy atom. The molecule has 0 unspecified atom stereocenters. The summed E-state index contributed by atoms with van der Waals surface area (Å²) in [5, 5.41) is 22.9. The first-order chi connectivity index (χ1) is 16.4. The predicted octanol–water partition coefficient (Wildman–Crippen LogP) is 6.43. The van der Waals surface area contributed by atoms with Gasteiger partial charge < -0.3 is 9.47 Å². The number of benzene rings is 2. The van der Waals surface area contributed by atoms with E-state index in [4.69, 9.17) is 9.47 Å². The third-order valence-corrected chi connectivity index (χ3v) is 4.52. The van der Waals surface area contributed by atoms with E-state index in [-0.39, 0.29) is 46.8 Å². The van der Waals surface area contributed by atoms with Crippen molar-refractivity contribution in [1.82, 2.24) is 0 Å².